The van der Waals surface area contributed by atoms with Crippen molar-refractivity contribution in [3.8, 4) is 0 Å². The third kappa shape index (κ3) is 1.32. The van der Waals surface area contributed by atoms with Crippen LogP contribution in [0.4, 0.5) is 0 Å². The van der Waals surface area contributed by atoms with Crippen molar-refractivity contribution >= 4 is 38.5 Å². The number of rotatable bonds is 1. The van der Waals surface area contributed by atoms with Gasteiger partial charge in [0, 0.05) is 0 Å². The standard InChI is InChI=1S/C6H10N2O3S3/c1-12-3-2-14(10,11)4-6(3,9)8-5(7)13-4/h3-4,9H,2H2,1H3,(H2,7,8)/p+1. The summed E-state index contributed by atoms with van der Waals surface area (Å²) in [5, 5.41) is 18.7. The van der Waals surface area contributed by atoms with Crippen LogP contribution in [0.5, 0.6) is 0 Å². The van der Waals surface area contributed by atoms with Gasteiger partial charge in [-0.25, -0.2) is 13.8 Å². The summed E-state index contributed by atoms with van der Waals surface area (Å²) in [4.78, 5) is 0. The molecular weight excluding hydrogens is 244 g/mol. The van der Waals surface area contributed by atoms with Crippen LogP contribution in [-0.4, -0.2) is 46.3 Å². The van der Waals surface area contributed by atoms with E-state index in [1.165, 1.54) is 17.1 Å². The summed E-state index contributed by atoms with van der Waals surface area (Å²) in [5.41, 5.74) is -1.33. The largest absolute Gasteiger partial charge is 0.340 e. The number of hydrogen-bond donors (Lipinski definition) is 3. The molecule has 4 N–H and O–H groups in total. The van der Waals surface area contributed by atoms with Crippen molar-refractivity contribution in [3.05, 3.63) is 0 Å². The zero-order chi connectivity index (χ0) is 10.6. The highest BCUT2D eigenvalue weighted by Crippen LogP contribution is 2.41. The second-order valence-corrected chi connectivity index (χ2v) is 8.02. The highest BCUT2D eigenvalue weighted by molar-refractivity contribution is 8.23. The smallest absolute Gasteiger partial charge is 0.256 e. The molecule has 8 heteroatoms. The third-order valence-corrected chi connectivity index (χ3v) is 7.77. The van der Waals surface area contributed by atoms with E-state index in [2.05, 4.69) is 0 Å². The molecule has 2 saturated heterocycles. The molecule has 3 unspecified atom stereocenters. The molecule has 0 aliphatic carbocycles. The molecule has 0 radical (unpaired) electrons. The highest BCUT2D eigenvalue weighted by atomic mass is 32.3. The summed E-state index contributed by atoms with van der Waals surface area (Å²) in [6.07, 6.45) is 1.78. The Labute approximate surface area is 90.5 Å². The molecule has 2 heterocycles. The lowest BCUT2D eigenvalue weighted by molar-refractivity contribution is -0.662. The quantitative estimate of drug-likeness (QED) is 0.525. The van der Waals surface area contributed by atoms with Crippen LogP contribution in [0.25, 0.3) is 0 Å². The summed E-state index contributed by atoms with van der Waals surface area (Å²) < 4.78 is 22.4. The molecule has 0 amide bonds. The number of fused-ring (bicyclic) bond motifs is 1. The minimum absolute atomic E-state index is 0.00606. The molecule has 2 rings (SSSR count). The fourth-order valence-electron chi connectivity index (χ4n) is 1.82. The minimum Gasteiger partial charge on any atom is -0.340 e. The first-order valence-electron chi connectivity index (χ1n) is 3.98. The molecule has 2 aliphatic heterocycles. The number of nitrogens with one attached hydrogen (secondary N) is 1. The van der Waals surface area contributed by atoms with Crippen molar-refractivity contribution in [1.82, 2.24) is 0 Å². The van der Waals surface area contributed by atoms with E-state index >= 15 is 0 Å². The van der Waals surface area contributed by atoms with Crippen molar-refractivity contribution in [3.63, 3.8) is 0 Å². The summed E-state index contributed by atoms with van der Waals surface area (Å²) in [5.74, 6) is 0.00606. The van der Waals surface area contributed by atoms with Gasteiger partial charge in [0.15, 0.2) is 14.4 Å². The van der Waals surface area contributed by atoms with E-state index in [1.807, 2.05) is 0 Å². The Kier molecular flexibility index (Phi) is 2.39. The lowest BCUT2D eigenvalue weighted by atomic mass is 10.2. The summed E-state index contributed by atoms with van der Waals surface area (Å²) in [7, 11) is -3.26. The molecule has 14 heavy (non-hydrogen) atoms. The van der Waals surface area contributed by atoms with Crippen LogP contribution in [0.1, 0.15) is 0 Å². The molecule has 3 atom stereocenters. The van der Waals surface area contributed by atoms with Gasteiger partial charge >= 0.3 is 0 Å². The Morgan fingerprint density at radius 3 is 3.00 bits per heavy atom. The Morgan fingerprint density at radius 1 is 1.79 bits per heavy atom. The number of quaternary nitrogens is 1. The van der Waals surface area contributed by atoms with Gasteiger partial charge in [-0.15, -0.1) is 0 Å². The van der Waals surface area contributed by atoms with Crippen molar-refractivity contribution in [2.75, 3.05) is 12.0 Å². The zero-order valence-corrected chi connectivity index (χ0v) is 9.88. The van der Waals surface area contributed by atoms with Gasteiger partial charge < -0.3 is 5.11 Å². The molecule has 80 valence electrons. The Bertz CT molecular complexity index is 382. The first-order chi connectivity index (χ1) is 6.40. The van der Waals surface area contributed by atoms with E-state index in [1.54, 1.807) is 6.26 Å². The van der Waals surface area contributed by atoms with Crippen LogP contribution in [0.15, 0.2) is 0 Å². The van der Waals surface area contributed by atoms with E-state index in [9.17, 15) is 13.5 Å². The molecule has 2 fully saturated rings. The number of hydrogen-bond acceptors (Lipinski definition) is 6. The number of amidine groups is 1. The van der Waals surface area contributed by atoms with E-state index in [4.69, 9.17) is 5.41 Å². The third-order valence-electron chi connectivity index (χ3n) is 2.48. The van der Waals surface area contributed by atoms with Crippen molar-refractivity contribution in [2.24, 2.45) is 0 Å². The molecule has 0 saturated carbocycles. The monoisotopic (exact) mass is 255 g/mol. The SMILES string of the molecule is CSC1CS(=O)(=O)C2SC(=N)[NH2+]C12O. The van der Waals surface area contributed by atoms with E-state index in [0.717, 1.165) is 11.8 Å². The normalized spacial score (nSPS) is 45.4. The fourth-order valence-corrected chi connectivity index (χ4v) is 7.40. The van der Waals surface area contributed by atoms with Crippen molar-refractivity contribution in [1.29, 1.82) is 5.41 Å². The molecule has 2 aliphatic rings. The Balaban J connectivity index is 2.45. The molecule has 5 nitrogen and oxygen atoms in total. The van der Waals surface area contributed by atoms with Gasteiger partial charge in [-0.3, -0.25) is 5.32 Å². The van der Waals surface area contributed by atoms with Crippen LogP contribution >= 0.6 is 23.5 Å². The second-order valence-electron chi connectivity index (χ2n) is 3.40. The molecule has 0 aromatic rings. The van der Waals surface area contributed by atoms with Gasteiger partial charge in [0.2, 0.25) is 5.72 Å². The fraction of sp³-hybridized carbons (Fsp3) is 0.833. The average molecular weight is 255 g/mol. The van der Waals surface area contributed by atoms with Crippen LogP contribution < -0.4 is 5.32 Å². The summed E-state index contributed by atoms with van der Waals surface area (Å²) in [6, 6.07) is 0. The van der Waals surface area contributed by atoms with Crippen LogP contribution in [-0.2, 0) is 9.84 Å². The zero-order valence-electron chi connectivity index (χ0n) is 7.43. The minimum atomic E-state index is -3.26. The Morgan fingerprint density at radius 2 is 2.43 bits per heavy atom. The maximum Gasteiger partial charge on any atom is 0.256 e. The number of thioether (sulfide) groups is 2. The Hall–Kier alpha value is 0.240. The summed E-state index contributed by atoms with van der Waals surface area (Å²) >= 11 is 2.28. The lowest BCUT2D eigenvalue weighted by Crippen LogP contribution is -2.99. The maximum atomic E-state index is 11.7. The first kappa shape index (κ1) is 10.7. The topological polar surface area (TPSA) is 94.8 Å². The lowest BCUT2D eigenvalue weighted by Gasteiger charge is -2.21. The van der Waals surface area contributed by atoms with Crippen LogP contribution in [0, 0.1) is 5.41 Å². The number of nitrogens with two attached hydrogens (primary N) is 1. The van der Waals surface area contributed by atoms with E-state index < -0.39 is 20.1 Å². The maximum absolute atomic E-state index is 11.7. The van der Waals surface area contributed by atoms with Crippen molar-refractivity contribution in [2.45, 2.75) is 15.6 Å². The van der Waals surface area contributed by atoms with Crippen molar-refractivity contribution < 1.29 is 18.8 Å². The second kappa shape index (κ2) is 3.11. The van der Waals surface area contributed by atoms with Crippen LogP contribution in [0.2, 0.25) is 0 Å². The van der Waals surface area contributed by atoms with Gasteiger partial charge in [0.1, 0.15) is 5.25 Å². The van der Waals surface area contributed by atoms with E-state index in [0.29, 0.717) is 0 Å². The predicted molar refractivity (Wildman–Crippen MR) is 57.1 cm³/mol. The van der Waals surface area contributed by atoms with Gasteiger partial charge in [-0.2, -0.15) is 11.8 Å². The number of sulfone groups is 1. The van der Waals surface area contributed by atoms with Gasteiger partial charge in [0.25, 0.3) is 5.17 Å². The number of aliphatic hydroxyl groups is 1. The van der Waals surface area contributed by atoms with Gasteiger partial charge in [-0.05, 0) is 18.0 Å². The summed E-state index contributed by atoms with van der Waals surface area (Å²) in [6.45, 7) is 0. The average Bonchev–Trinajstić information content (AvgIpc) is 2.46. The molecule has 0 aromatic carbocycles. The molecular formula is C6H11N2O3S3+. The molecule has 0 aromatic heterocycles. The van der Waals surface area contributed by atoms with Gasteiger partial charge in [-0.1, -0.05) is 0 Å². The highest BCUT2D eigenvalue weighted by Gasteiger charge is 2.66. The molecule has 0 spiro atoms. The first-order valence-corrected chi connectivity index (χ1v) is 7.86. The molecule has 0 bridgehead atoms. The predicted octanol–water partition coefficient (Wildman–Crippen LogP) is -1.59. The van der Waals surface area contributed by atoms with E-state index in [-0.39, 0.29) is 16.2 Å². The van der Waals surface area contributed by atoms with Crippen LogP contribution in [0.3, 0.4) is 0 Å². The van der Waals surface area contributed by atoms with Gasteiger partial charge in [0.05, 0.1) is 5.75 Å².